The Kier molecular flexibility index (Phi) is 6.26. The molecule has 1 aliphatic heterocycles. The number of rotatable bonds is 5. The van der Waals surface area contributed by atoms with Crippen LogP contribution in [0.3, 0.4) is 0 Å². The maximum Gasteiger partial charge on any atom is 0.262 e. The molecule has 2 aromatic carbocycles. The van der Waals surface area contributed by atoms with Gasteiger partial charge in [-0.05, 0) is 36.4 Å². The second-order valence-corrected chi connectivity index (χ2v) is 11.1. The van der Waals surface area contributed by atoms with Crippen LogP contribution in [0.1, 0.15) is 42.6 Å². The number of amides is 1. The molecular formula is C22H24N4O5S2. The first-order valence-electron chi connectivity index (χ1n) is 10.3. The molecule has 0 saturated heterocycles. The standard InChI is InChI=1S/C22H24N4O5S2/c1-22(2,3)20-24-25-21(32-20)23-19(27)14-5-7-15(8-6-14)26-33(28,29)16-9-10-17-18(13-16)31-12-4-11-30-17/h5-10,13,26H,4,11-12H2,1-3H3,(H,23,25,27). The summed E-state index contributed by atoms with van der Waals surface area (Å²) in [6.45, 7) is 7.04. The van der Waals surface area contributed by atoms with E-state index in [9.17, 15) is 13.2 Å². The predicted molar refractivity (Wildman–Crippen MR) is 126 cm³/mol. The average Bonchev–Trinajstić information content (AvgIpc) is 3.11. The summed E-state index contributed by atoms with van der Waals surface area (Å²) in [5, 5.41) is 12.1. The van der Waals surface area contributed by atoms with Crippen LogP contribution in [0, 0.1) is 0 Å². The number of anilines is 2. The Hall–Kier alpha value is -3.18. The lowest BCUT2D eigenvalue weighted by atomic mass is 9.98. The molecule has 1 aliphatic rings. The first-order valence-corrected chi connectivity index (χ1v) is 12.6. The Balaban J connectivity index is 1.44. The Morgan fingerprint density at radius 1 is 1.00 bits per heavy atom. The lowest BCUT2D eigenvalue weighted by Crippen LogP contribution is -2.14. The minimum atomic E-state index is -3.85. The fourth-order valence-electron chi connectivity index (χ4n) is 2.96. The highest BCUT2D eigenvalue weighted by molar-refractivity contribution is 7.92. The summed E-state index contributed by atoms with van der Waals surface area (Å²) in [5.74, 6) is 0.560. The molecule has 0 atom stereocenters. The summed E-state index contributed by atoms with van der Waals surface area (Å²) in [5.41, 5.74) is 0.529. The van der Waals surface area contributed by atoms with E-state index in [2.05, 4.69) is 20.2 Å². The maximum atomic E-state index is 12.8. The van der Waals surface area contributed by atoms with Crippen LogP contribution in [0.15, 0.2) is 47.4 Å². The van der Waals surface area contributed by atoms with E-state index in [1.807, 2.05) is 20.8 Å². The maximum absolute atomic E-state index is 12.8. The summed E-state index contributed by atoms with van der Waals surface area (Å²) in [6.07, 6.45) is 0.728. The van der Waals surface area contributed by atoms with Crippen LogP contribution in [0.25, 0.3) is 0 Å². The second kappa shape index (κ2) is 8.99. The van der Waals surface area contributed by atoms with Crippen LogP contribution >= 0.6 is 11.3 Å². The number of fused-ring (bicyclic) bond motifs is 1. The number of aromatic nitrogens is 2. The molecule has 0 saturated carbocycles. The third kappa shape index (κ3) is 5.42. The van der Waals surface area contributed by atoms with Gasteiger partial charge in [0.25, 0.3) is 15.9 Å². The van der Waals surface area contributed by atoms with E-state index in [0.29, 0.717) is 41.1 Å². The topological polar surface area (TPSA) is 120 Å². The van der Waals surface area contributed by atoms with Crippen LogP contribution < -0.4 is 19.5 Å². The molecule has 0 radical (unpaired) electrons. The van der Waals surface area contributed by atoms with Gasteiger partial charge in [0.2, 0.25) is 5.13 Å². The molecule has 2 N–H and O–H groups in total. The lowest BCUT2D eigenvalue weighted by Gasteiger charge is -2.12. The van der Waals surface area contributed by atoms with Crippen LogP contribution in [0.2, 0.25) is 0 Å². The normalized spacial score (nSPS) is 13.8. The van der Waals surface area contributed by atoms with Gasteiger partial charge in [-0.1, -0.05) is 32.1 Å². The molecular weight excluding hydrogens is 464 g/mol. The summed E-state index contributed by atoms with van der Waals surface area (Å²) < 4.78 is 39.3. The Bertz CT molecular complexity index is 1260. The first-order chi connectivity index (χ1) is 15.6. The molecule has 3 aromatic rings. The molecule has 4 rings (SSSR count). The fraction of sp³-hybridized carbons (Fsp3) is 0.318. The summed E-state index contributed by atoms with van der Waals surface area (Å²) >= 11 is 1.32. The molecule has 0 spiro atoms. The quantitative estimate of drug-likeness (QED) is 0.556. The van der Waals surface area contributed by atoms with Crippen molar-refractivity contribution >= 4 is 38.1 Å². The Morgan fingerprint density at radius 3 is 2.36 bits per heavy atom. The average molecular weight is 489 g/mol. The van der Waals surface area contributed by atoms with E-state index in [0.717, 1.165) is 11.4 Å². The largest absolute Gasteiger partial charge is 0.490 e. The SMILES string of the molecule is CC(C)(C)c1nnc(NC(=O)c2ccc(NS(=O)(=O)c3ccc4c(c3)OCCCO4)cc2)s1. The van der Waals surface area contributed by atoms with E-state index >= 15 is 0 Å². The van der Waals surface area contributed by atoms with Crippen LogP contribution in [0.4, 0.5) is 10.8 Å². The van der Waals surface area contributed by atoms with Crippen LogP contribution in [0.5, 0.6) is 11.5 Å². The van der Waals surface area contributed by atoms with Gasteiger partial charge < -0.3 is 9.47 Å². The van der Waals surface area contributed by atoms with Crippen molar-refractivity contribution in [2.45, 2.75) is 37.5 Å². The van der Waals surface area contributed by atoms with Crippen molar-refractivity contribution in [2.24, 2.45) is 0 Å². The van der Waals surface area contributed by atoms with Gasteiger partial charge in [-0.3, -0.25) is 14.8 Å². The molecule has 0 fully saturated rings. The fourth-order valence-corrected chi connectivity index (χ4v) is 4.83. The number of hydrogen-bond acceptors (Lipinski definition) is 8. The minimum absolute atomic E-state index is 0.0551. The van der Waals surface area contributed by atoms with Crippen LogP contribution in [-0.2, 0) is 15.4 Å². The number of ether oxygens (including phenoxy) is 2. The highest BCUT2D eigenvalue weighted by Crippen LogP contribution is 2.32. The zero-order valence-electron chi connectivity index (χ0n) is 18.4. The molecule has 11 heteroatoms. The highest BCUT2D eigenvalue weighted by atomic mass is 32.2. The third-order valence-corrected chi connectivity index (χ3v) is 7.36. The van der Waals surface area contributed by atoms with E-state index in [4.69, 9.17) is 9.47 Å². The van der Waals surface area contributed by atoms with E-state index in [1.165, 1.54) is 47.7 Å². The number of benzene rings is 2. The van der Waals surface area contributed by atoms with Crippen molar-refractivity contribution < 1.29 is 22.7 Å². The predicted octanol–water partition coefficient (Wildman–Crippen LogP) is 4.05. The van der Waals surface area contributed by atoms with Crippen molar-refractivity contribution in [3.05, 3.63) is 53.0 Å². The zero-order chi connectivity index (χ0) is 23.6. The second-order valence-electron chi connectivity index (χ2n) is 8.46. The number of nitrogens with one attached hydrogen (secondary N) is 2. The molecule has 0 unspecified atom stereocenters. The molecule has 174 valence electrons. The number of carbonyl (C=O) groups is 1. The van der Waals surface area contributed by atoms with E-state index < -0.39 is 10.0 Å². The van der Waals surface area contributed by atoms with Crippen molar-refractivity contribution in [3.63, 3.8) is 0 Å². The van der Waals surface area contributed by atoms with Gasteiger partial charge in [0.15, 0.2) is 11.5 Å². The van der Waals surface area contributed by atoms with Crippen molar-refractivity contribution in [2.75, 3.05) is 23.3 Å². The molecule has 1 amide bonds. The minimum Gasteiger partial charge on any atom is -0.490 e. The molecule has 1 aromatic heterocycles. The number of sulfonamides is 1. The number of carbonyl (C=O) groups excluding carboxylic acids is 1. The van der Waals surface area contributed by atoms with Gasteiger partial charge in [-0.2, -0.15) is 0 Å². The Morgan fingerprint density at radius 2 is 1.70 bits per heavy atom. The van der Waals surface area contributed by atoms with Crippen molar-refractivity contribution in [1.29, 1.82) is 0 Å². The third-order valence-electron chi connectivity index (χ3n) is 4.72. The first kappa shape index (κ1) is 23.0. The Labute approximate surface area is 196 Å². The molecule has 9 nitrogen and oxygen atoms in total. The number of hydrogen-bond donors (Lipinski definition) is 2. The summed E-state index contributed by atoms with van der Waals surface area (Å²) in [6, 6.07) is 10.6. The van der Waals surface area contributed by atoms with Crippen LogP contribution in [-0.4, -0.2) is 37.7 Å². The monoisotopic (exact) mass is 488 g/mol. The molecule has 33 heavy (non-hydrogen) atoms. The zero-order valence-corrected chi connectivity index (χ0v) is 20.0. The summed E-state index contributed by atoms with van der Waals surface area (Å²) in [7, 11) is -3.85. The molecule has 2 heterocycles. The summed E-state index contributed by atoms with van der Waals surface area (Å²) in [4.78, 5) is 12.6. The van der Waals surface area contributed by atoms with Gasteiger partial charge in [0, 0.05) is 29.2 Å². The van der Waals surface area contributed by atoms with Crippen molar-refractivity contribution in [3.8, 4) is 11.5 Å². The lowest BCUT2D eigenvalue weighted by molar-refractivity contribution is 0.102. The molecule has 0 aliphatic carbocycles. The van der Waals surface area contributed by atoms with Crippen molar-refractivity contribution in [1.82, 2.24) is 10.2 Å². The van der Waals surface area contributed by atoms with E-state index in [1.54, 1.807) is 6.07 Å². The number of nitrogens with zero attached hydrogens (tertiary/aromatic N) is 2. The van der Waals surface area contributed by atoms with Gasteiger partial charge in [0.05, 0.1) is 18.1 Å². The van der Waals surface area contributed by atoms with Gasteiger partial charge in [0.1, 0.15) is 5.01 Å². The van der Waals surface area contributed by atoms with E-state index in [-0.39, 0.29) is 16.2 Å². The van der Waals surface area contributed by atoms with Gasteiger partial charge in [-0.15, -0.1) is 10.2 Å². The van der Waals surface area contributed by atoms with Gasteiger partial charge in [-0.25, -0.2) is 8.42 Å². The van der Waals surface area contributed by atoms with Gasteiger partial charge >= 0.3 is 0 Å². The highest BCUT2D eigenvalue weighted by Gasteiger charge is 2.21. The molecule has 0 bridgehead atoms. The smallest absolute Gasteiger partial charge is 0.262 e.